The van der Waals surface area contributed by atoms with Crippen LogP contribution in [0.3, 0.4) is 0 Å². The third kappa shape index (κ3) is 2.25. The summed E-state index contributed by atoms with van der Waals surface area (Å²) in [6.07, 6.45) is 1.71. The first-order valence-corrected chi connectivity index (χ1v) is 6.75. The average Bonchev–Trinajstić information content (AvgIpc) is 2.81. The van der Waals surface area contributed by atoms with Crippen LogP contribution in [-0.4, -0.2) is 23.7 Å². The minimum absolute atomic E-state index is 0.0443. The second-order valence-corrected chi connectivity index (χ2v) is 5.77. The van der Waals surface area contributed by atoms with Crippen molar-refractivity contribution in [2.45, 2.75) is 18.9 Å². The Balaban J connectivity index is 1.50. The lowest BCUT2D eigenvalue weighted by Crippen LogP contribution is -2.27. The summed E-state index contributed by atoms with van der Waals surface area (Å²) in [5, 5.41) is 13.0. The molecule has 96 valence electrons. The summed E-state index contributed by atoms with van der Waals surface area (Å²) in [4.78, 5) is 11.9. The van der Waals surface area contributed by atoms with E-state index >= 15 is 0 Å². The molecule has 2 N–H and O–H groups in total. The highest BCUT2D eigenvalue weighted by Crippen LogP contribution is 2.57. The summed E-state index contributed by atoms with van der Waals surface area (Å²) in [6, 6.07) is 6.90. The molecule has 2 unspecified atom stereocenters. The van der Waals surface area contributed by atoms with Crippen molar-refractivity contribution in [2.75, 3.05) is 6.54 Å². The van der Waals surface area contributed by atoms with Gasteiger partial charge in [-0.2, -0.15) is 0 Å². The van der Waals surface area contributed by atoms with Gasteiger partial charge in [-0.05, 0) is 54.9 Å². The van der Waals surface area contributed by atoms with Gasteiger partial charge in [0.15, 0.2) is 0 Å². The maximum atomic E-state index is 11.9. The number of carbonyl (C=O) groups excluding carboxylic acids is 1. The van der Waals surface area contributed by atoms with E-state index in [1.165, 1.54) is 0 Å². The second-order valence-electron chi connectivity index (χ2n) is 5.33. The minimum atomic E-state index is -0.108. The third-order valence-corrected chi connectivity index (χ3v) is 4.45. The molecule has 1 amide bonds. The molecule has 0 heterocycles. The summed E-state index contributed by atoms with van der Waals surface area (Å²) in [6.45, 7) is 0.726. The monoisotopic (exact) mass is 265 g/mol. The van der Waals surface area contributed by atoms with E-state index in [2.05, 4.69) is 5.32 Å². The van der Waals surface area contributed by atoms with Crippen molar-refractivity contribution < 1.29 is 9.90 Å². The van der Waals surface area contributed by atoms with Crippen LogP contribution in [0.1, 0.15) is 23.2 Å². The van der Waals surface area contributed by atoms with Gasteiger partial charge in [0.25, 0.3) is 5.91 Å². The SMILES string of the molecule is O=C(NCC1C2CC(O)CC12)c1ccc(Cl)cc1. The molecule has 0 spiro atoms. The number of hydrogen-bond acceptors (Lipinski definition) is 2. The van der Waals surface area contributed by atoms with Gasteiger partial charge in [0, 0.05) is 17.1 Å². The number of hydrogen-bond donors (Lipinski definition) is 2. The van der Waals surface area contributed by atoms with Crippen LogP contribution in [0.4, 0.5) is 0 Å². The molecular formula is C14H16ClNO2. The molecule has 2 atom stereocenters. The van der Waals surface area contributed by atoms with Crippen molar-refractivity contribution in [3.05, 3.63) is 34.9 Å². The number of nitrogens with one attached hydrogen (secondary N) is 1. The highest BCUT2D eigenvalue weighted by Gasteiger charge is 2.55. The quantitative estimate of drug-likeness (QED) is 0.879. The summed E-state index contributed by atoms with van der Waals surface area (Å²) in [5.74, 6) is 1.79. The van der Waals surface area contributed by atoms with E-state index in [1.54, 1.807) is 24.3 Å². The highest BCUT2D eigenvalue weighted by molar-refractivity contribution is 6.30. The number of aliphatic hydroxyl groups is 1. The van der Waals surface area contributed by atoms with Crippen molar-refractivity contribution >= 4 is 17.5 Å². The summed E-state index contributed by atoms with van der Waals surface area (Å²) < 4.78 is 0. The second kappa shape index (κ2) is 4.56. The number of carbonyl (C=O) groups is 1. The molecule has 3 rings (SSSR count). The lowest BCUT2D eigenvalue weighted by atomic mass is 10.1. The van der Waals surface area contributed by atoms with E-state index in [0.717, 1.165) is 19.4 Å². The van der Waals surface area contributed by atoms with Gasteiger partial charge < -0.3 is 10.4 Å². The van der Waals surface area contributed by atoms with Crippen LogP contribution < -0.4 is 5.32 Å². The Morgan fingerprint density at radius 2 is 1.89 bits per heavy atom. The van der Waals surface area contributed by atoms with E-state index in [4.69, 9.17) is 11.6 Å². The van der Waals surface area contributed by atoms with Crippen LogP contribution in [-0.2, 0) is 0 Å². The molecular weight excluding hydrogens is 250 g/mol. The predicted octanol–water partition coefficient (Wildman–Crippen LogP) is 2.09. The van der Waals surface area contributed by atoms with Crippen LogP contribution in [0, 0.1) is 17.8 Å². The van der Waals surface area contributed by atoms with E-state index in [9.17, 15) is 9.90 Å². The van der Waals surface area contributed by atoms with Crippen LogP contribution in [0.15, 0.2) is 24.3 Å². The molecule has 1 aromatic carbocycles. The lowest BCUT2D eigenvalue weighted by molar-refractivity contribution is 0.0948. The summed E-state index contributed by atoms with van der Waals surface area (Å²) >= 11 is 5.78. The molecule has 2 aliphatic rings. The standard InChI is InChI=1S/C14H16ClNO2/c15-9-3-1-8(2-4-9)14(18)16-7-13-11-5-10(17)6-12(11)13/h1-4,10-13,17H,5-7H2,(H,16,18). The molecule has 18 heavy (non-hydrogen) atoms. The van der Waals surface area contributed by atoms with Crippen LogP contribution in [0.2, 0.25) is 5.02 Å². The zero-order valence-corrected chi connectivity index (χ0v) is 10.7. The van der Waals surface area contributed by atoms with Crippen molar-refractivity contribution in [3.63, 3.8) is 0 Å². The number of amides is 1. The summed E-state index contributed by atoms with van der Waals surface area (Å²) in [7, 11) is 0. The number of rotatable bonds is 3. The van der Waals surface area contributed by atoms with Crippen molar-refractivity contribution in [2.24, 2.45) is 17.8 Å². The Morgan fingerprint density at radius 1 is 1.28 bits per heavy atom. The average molecular weight is 266 g/mol. The van der Waals surface area contributed by atoms with Crippen molar-refractivity contribution in [1.82, 2.24) is 5.32 Å². The molecule has 2 fully saturated rings. The van der Waals surface area contributed by atoms with E-state index in [-0.39, 0.29) is 12.0 Å². The first kappa shape index (κ1) is 12.0. The zero-order valence-electron chi connectivity index (χ0n) is 9.97. The van der Waals surface area contributed by atoms with Gasteiger partial charge in [0.2, 0.25) is 0 Å². The highest BCUT2D eigenvalue weighted by atomic mass is 35.5. The Morgan fingerprint density at radius 3 is 2.50 bits per heavy atom. The van der Waals surface area contributed by atoms with E-state index in [1.807, 2.05) is 0 Å². The maximum Gasteiger partial charge on any atom is 0.251 e. The molecule has 4 heteroatoms. The maximum absolute atomic E-state index is 11.9. The van der Waals surface area contributed by atoms with Gasteiger partial charge in [0.05, 0.1) is 6.10 Å². The number of benzene rings is 1. The van der Waals surface area contributed by atoms with Gasteiger partial charge in [0.1, 0.15) is 0 Å². The Bertz CT molecular complexity index is 447. The van der Waals surface area contributed by atoms with Gasteiger partial charge >= 0.3 is 0 Å². The minimum Gasteiger partial charge on any atom is -0.393 e. The molecule has 0 aliphatic heterocycles. The largest absolute Gasteiger partial charge is 0.393 e. The smallest absolute Gasteiger partial charge is 0.251 e. The topological polar surface area (TPSA) is 49.3 Å². The fourth-order valence-electron chi connectivity index (χ4n) is 3.16. The predicted molar refractivity (Wildman–Crippen MR) is 69.5 cm³/mol. The number of halogens is 1. The fraction of sp³-hybridized carbons (Fsp3) is 0.500. The van der Waals surface area contributed by atoms with E-state index < -0.39 is 0 Å². The van der Waals surface area contributed by atoms with Crippen LogP contribution in [0.5, 0.6) is 0 Å². The Labute approximate surface area is 111 Å². The fourth-order valence-corrected chi connectivity index (χ4v) is 3.29. The number of fused-ring (bicyclic) bond motifs is 1. The normalized spacial score (nSPS) is 33.0. The number of aliphatic hydroxyl groups excluding tert-OH is 1. The summed E-state index contributed by atoms with van der Waals surface area (Å²) in [5.41, 5.74) is 0.644. The van der Waals surface area contributed by atoms with Gasteiger partial charge in [-0.15, -0.1) is 0 Å². The van der Waals surface area contributed by atoms with E-state index in [0.29, 0.717) is 28.3 Å². The molecule has 3 nitrogen and oxygen atoms in total. The van der Waals surface area contributed by atoms with Gasteiger partial charge in [-0.1, -0.05) is 11.6 Å². The first-order valence-electron chi connectivity index (χ1n) is 6.37. The lowest BCUT2D eigenvalue weighted by Gasteiger charge is -2.09. The van der Waals surface area contributed by atoms with Crippen molar-refractivity contribution in [3.8, 4) is 0 Å². The van der Waals surface area contributed by atoms with Gasteiger partial charge in [-0.3, -0.25) is 4.79 Å². The molecule has 0 saturated heterocycles. The van der Waals surface area contributed by atoms with Crippen LogP contribution in [0.25, 0.3) is 0 Å². The zero-order chi connectivity index (χ0) is 12.7. The Hall–Kier alpha value is -1.06. The molecule has 0 bridgehead atoms. The van der Waals surface area contributed by atoms with Crippen molar-refractivity contribution in [1.29, 1.82) is 0 Å². The first-order chi connectivity index (χ1) is 8.65. The molecule has 0 radical (unpaired) electrons. The molecule has 2 saturated carbocycles. The molecule has 2 aliphatic carbocycles. The van der Waals surface area contributed by atoms with Crippen LogP contribution >= 0.6 is 11.6 Å². The Kier molecular flexibility index (Phi) is 3.04. The molecule has 0 aromatic heterocycles. The third-order valence-electron chi connectivity index (χ3n) is 4.20. The molecule has 1 aromatic rings. The van der Waals surface area contributed by atoms with Gasteiger partial charge in [-0.25, -0.2) is 0 Å².